The van der Waals surface area contributed by atoms with Crippen LogP contribution in [0.2, 0.25) is 0 Å². The van der Waals surface area contributed by atoms with Crippen LogP contribution in [0.4, 0.5) is 0 Å². The Morgan fingerprint density at radius 3 is 2.37 bits per heavy atom. The molecular weight excluding hydrogens is 442 g/mol. The molecule has 7 heteroatoms. The number of aryl methyl sites for hydroxylation is 1. The third kappa shape index (κ3) is 6.63. The molecule has 7 nitrogen and oxygen atoms in total. The van der Waals surface area contributed by atoms with Gasteiger partial charge >= 0.3 is 0 Å². The van der Waals surface area contributed by atoms with Gasteiger partial charge in [-0.2, -0.15) is 5.10 Å². The second kappa shape index (κ2) is 11.7. The lowest BCUT2D eigenvalue weighted by atomic mass is 10.2. The minimum atomic E-state index is -0.544. The molecule has 0 radical (unpaired) electrons. The fourth-order valence-corrected chi connectivity index (χ4v) is 4.13. The van der Waals surface area contributed by atoms with E-state index in [-0.39, 0.29) is 0 Å². The molecule has 1 atom stereocenters. The van der Waals surface area contributed by atoms with Crippen molar-refractivity contribution in [2.45, 2.75) is 52.3 Å². The van der Waals surface area contributed by atoms with Crippen LogP contribution in [0, 0.1) is 12.8 Å². The molecule has 0 amide bonds. The van der Waals surface area contributed by atoms with Gasteiger partial charge in [-0.1, -0.05) is 44.2 Å². The highest BCUT2D eigenvalue weighted by molar-refractivity contribution is 5.47. The summed E-state index contributed by atoms with van der Waals surface area (Å²) in [5, 5.41) is 15.5. The highest BCUT2D eigenvalue weighted by atomic mass is 16.5. The van der Waals surface area contributed by atoms with Gasteiger partial charge in [-0.25, -0.2) is 4.68 Å². The average molecular weight is 480 g/mol. The number of rotatable bonds is 13. The summed E-state index contributed by atoms with van der Waals surface area (Å²) in [7, 11) is 1.64. The number of aliphatic hydroxyl groups excluding tert-OH is 1. The molecule has 3 aromatic rings. The van der Waals surface area contributed by atoms with Gasteiger partial charge < -0.3 is 19.3 Å². The standard InChI is InChI=1S/C28H37N3O4/c1-20(2)18-34-19-24(32)16-30(22-14-15-22)17-25-21(3)29-31(23-10-6-5-7-11-23)28(25)35-27-13-9-8-12-26(27)33-4/h5-13,20,22,24,32H,14-19H2,1-4H3. The van der Waals surface area contributed by atoms with Crippen molar-refractivity contribution < 1.29 is 19.3 Å². The van der Waals surface area contributed by atoms with Crippen LogP contribution in [0.15, 0.2) is 54.6 Å². The molecule has 2 aromatic carbocycles. The Morgan fingerprint density at radius 2 is 1.71 bits per heavy atom. The summed E-state index contributed by atoms with van der Waals surface area (Å²) in [4.78, 5) is 2.33. The summed E-state index contributed by atoms with van der Waals surface area (Å²) in [5.74, 6) is 2.40. The maximum absolute atomic E-state index is 10.7. The van der Waals surface area contributed by atoms with Gasteiger partial charge in [0.2, 0.25) is 5.88 Å². The minimum Gasteiger partial charge on any atom is -0.493 e. The van der Waals surface area contributed by atoms with Crippen LogP contribution in [0.25, 0.3) is 5.69 Å². The van der Waals surface area contributed by atoms with Gasteiger partial charge in [0.05, 0.1) is 36.8 Å². The van der Waals surface area contributed by atoms with Crippen LogP contribution < -0.4 is 9.47 Å². The molecule has 0 bridgehead atoms. The van der Waals surface area contributed by atoms with E-state index in [1.54, 1.807) is 7.11 Å². The minimum absolute atomic E-state index is 0.341. The van der Waals surface area contributed by atoms with Crippen molar-refractivity contribution in [2.24, 2.45) is 5.92 Å². The second-order valence-corrected chi connectivity index (χ2v) is 9.62. The molecule has 1 heterocycles. The second-order valence-electron chi connectivity index (χ2n) is 9.62. The average Bonchev–Trinajstić information content (AvgIpc) is 3.65. The summed E-state index contributed by atoms with van der Waals surface area (Å²) in [6, 6.07) is 18.1. The fraction of sp³-hybridized carbons (Fsp3) is 0.464. The number of nitrogens with zero attached hydrogens (tertiary/aromatic N) is 3. The van der Waals surface area contributed by atoms with E-state index in [1.807, 2.05) is 66.2 Å². The number of hydrogen-bond donors (Lipinski definition) is 1. The molecule has 1 fully saturated rings. The van der Waals surface area contributed by atoms with Gasteiger partial charge in [0.1, 0.15) is 0 Å². The number of ether oxygens (including phenoxy) is 3. The van der Waals surface area contributed by atoms with Crippen molar-refractivity contribution in [3.63, 3.8) is 0 Å². The van der Waals surface area contributed by atoms with Crippen molar-refractivity contribution >= 4 is 0 Å². The van der Waals surface area contributed by atoms with Gasteiger partial charge in [0, 0.05) is 25.7 Å². The molecule has 1 aliphatic rings. The fourth-order valence-electron chi connectivity index (χ4n) is 4.13. The number of para-hydroxylation sites is 3. The lowest BCUT2D eigenvalue weighted by Gasteiger charge is -2.25. The topological polar surface area (TPSA) is 69.0 Å². The first-order valence-corrected chi connectivity index (χ1v) is 12.4. The lowest BCUT2D eigenvalue weighted by Crippen LogP contribution is -2.36. The summed E-state index contributed by atoms with van der Waals surface area (Å²) < 4.78 is 19.6. The summed E-state index contributed by atoms with van der Waals surface area (Å²) in [5.41, 5.74) is 2.82. The summed E-state index contributed by atoms with van der Waals surface area (Å²) in [6.07, 6.45) is 1.72. The van der Waals surface area contributed by atoms with Gasteiger partial charge in [0.15, 0.2) is 11.5 Å². The van der Waals surface area contributed by atoms with E-state index in [0.29, 0.717) is 55.6 Å². The molecule has 1 N–H and O–H groups in total. The number of aromatic nitrogens is 2. The third-order valence-electron chi connectivity index (χ3n) is 6.04. The van der Waals surface area contributed by atoms with E-state index in [4.69, 9.17) is 19.3 Å². The highest BCUT2D eigenvalue weighted by Gasteiger charge is 2.33. The van der Waals surface area contributed by atoms with Crippen molar-refractivity contribution in [1.82, 2.24) is 14.7 Å². The summed E-state index contributed by atoms with van der Waals surface area (Å²) >= 11 is 0. The molecule has 1 saturated carbocycles. The van der Waals surface area contributed by atoms with Crippen molar-refractivity contribution in [3.05, 3.63) is 65.9 Å². The van der Waals surface area contributed by atoms with Crippen LogP contribution >= 0.6 is 0 Å². The van der Waals surface area contributed by atoms with Gasteiger partial charge in [0.25, 0.3) is 0 Å². The number of benzene rings is 2. The van der Waals surface area contributed by atoms with E-state index in [9.17, 15) is 5.11 Å². The maximum atomic E-state index is 10.7. The monoisotopic (exact) mass is 479 g/mol. The van der Waals surface area contributed by atoms with Crippen LogP contribution in [0.5, 0.6) is 17.4 Å². The molecule has 1 unspecified atom stereocenters. The van der Waals surface area contributed by atoms with Gasteiger partial charge in [-0.3, -0.25) is 4.90 Å². The van der Waals surface area contributed by atoms with E-state index < -0.39 is 6.10 Å². The Kier molecular flexibility index (Phi) is 8.44. The van der Waals surface area contributed by atoms with E-state index in [2.05, 4.69) is 18.7 Å². The highest BCUT2D eigenvalue weighted by Crippen LogP contribution is 2.37. The molecule has 1 aliphatic carbocycles. The zero-order valence-corrected chi connectivity index (χ0v) is 21.2. The predicted molar refractivity (Wildman–Crippen MR) is 136 cm³/mol. The molecule has 0 aliphatic heterocycles. The number of methoxy groups -OCH3 is 1. The molecule has 1 aromatic heterocycles. The Bertz CT molecular complexity index is 1080. The molecule has 0 saturated heterocycles. The first-order valence-electron chi connectivity index (χ1n) is 12.4. The van der Waals surface area contributed by atoms with Crippen LogP contribution in [-0.2, 0) is 11.3 Å². The molecule has 188 valence electrons. The first-order chi connectivity index (χ1) is 17.0. The van der Waals surface area contributed by atoms with Crippen LogP contribution in [0.3, 0.4) is 0 Å². The summed E-state index contributed by atoms with van der Waals surface area (Å²) in [6.45, 7) is 8.41. The molecule has 4 rings (SSSR count). The van der Waals surface area contributed by atoms with E-state index >= 15 is 0 Å². The Labute approximate surface area is 208 Å². The number of aliphatic hydroxyl groups is 1. The smallest absolute Gasteiger partial charge is 0.227 e. The normalized spacial score (nSPS) is 14.5. The lowest BCUT2D eigenvalue weighted by molar-refractivity contribution is 0.00536. The largest absolute Gasteiger partial charge is 0.493 e. The van der Waals surface area contributed by atoms with Gasteiger partial charge in [-0.05, 0) is 49.9 Å². The number of hydrogen-bond acceptors (Lipinski definition) is 6. The first kappa shape index (κ1) is 25.2. The molecule has 35 heavy (non-hydrogen) atoms. The molecular formula is C28H37N3O4. The van der Waals surface area contributed by atoms with Crippen LogP contribution in [-0.4, -0.2) is 58.8 Å². The zero-order valence-electron chi connectivity index (χ0n) is 21.2. The SMILES string of the molecule is COc1ccccc1Oc1c(CN(CC(O)COCC(C)C)C2CC2)c(C)nn1-c1ccccc1. The van der Waals surface area contributed by atoms with Crippen LogP contribution in [0.1, 0.15) is 37.9 Å². The van der Waals surface area contributed by atoms with E-state index in [1.165, 1.54) is 0 Å². The maximum Gasteiger partial charge on any atom is 0.227 e. The zero-order chi connectivity index (χ0) is 24.8. The van der Waals surface area contributed by atoms with Crippen molar-refractivity contribution in [3.8, 4) is 23.1 Å². The van der Waals surface area contributed by atoms with Crippen molar-refractivity contribution in [2.75, 3.05) is 26.9 Å². The van der Waals surface area contributed by atoms with Gasteiger partial charge in [-0.15, -0.1) is 0 Å². The Hall–Kier alpha value is -2.87. The Balaban J connectivity index is 1.62. The third-order valence-corrected chi connectivity index (χ3v) is 6.04. The molecule has 0 spiro atoms. The van der Waals surface area contributed by atoms with Crippen molar-refractivity contribution in [1.29, 1.82) is 0 Å². The predicted octanol–water partition coefficient (Wildman–Crippen LogP) is 4.98. The Morgan fingerprint density at radius 1 is 1.03 bits per heavy atom. The quantitative estimate of drug-likeness (QED) is 0.373. The van der Waals surface area contributed by atoms with E-state index in [0.717, 1.165) is 29.8 Å².